The summed E-state index contributed by atoms with van der Waals surface area (Å²) in [5.41, 5.74) is 3.06. The third kappa shape index (κ3) is 0.819. The van der Waals surface area contributed by atoms with E-state index in [2.05, 4.69) is 0 Å². The molecule has 1 fully saturated rings. The molecule has 0 atom stereocenters. The van der Waals surface area contributed by atoms with Crippen molar-refractivity contribution >= 4 is 5.78 Å². The van der Waals surface area contributed by atoms with Gasteiger partial charge in [0.25, 0.3) is 0 Å². The fourth-order valence-electron chi connectivity index (χ4n) is 2.68. The van der Waals surface area contributed by atoms with E-state index in [-0.39, 0.29) is 12.0 Å². The Morgan fingerprint density at radius 2 is 2.14 bits per heavy atom. The lowest BCUT2D eigenvalue weighted by Crippen LogP contribution is -2.15. The number of hydrogen-bond donors (Lipinski definition) is 1. The summed E-state index contributed by atoms with van der Waals surface area (Å²) >= 11 is 0. The second-order valence-corrected chi connectivity index (χ2v) is 4.29. The summed E-state index contributed by atoms with van der Waals surface area (Å²) in [6.45, 7) is 0.0538. The molecule has 0 radical (unpaired) electrons. The van der Waals surface area contributed by atoms with E-state index in [1.807, 2.05) is 18.2 Å². The summed E-state index contributed by atoms with van der Waals surface area (Å²) in [7, 11) is 0. The van der Waals surface area contributed by atoms with E-state index in [1.165, 1.54) is 0 Å². The zero-order valence-electron chi connectivity index (χ0n) is 7.92. The molecule has 2 heteroatoms. The summed E-state index contributed by atoms with van der Waals surface area (Å²) < 4.78 is 0. The van der Waals surface area contributed by atoms with Crippen molar-refractivity contribution in [1.82, 2.24) is 0 Å². The van der Waals surface area contributed by atoms with Crippen molar-refractivity contribution in [2.45, 2.75) is 31.3 Å². The number of benzene rings is 1. The normalized spacial score (nSPS) is 21.4. The number of aliphatic hydroxyl groups excluding tert-OH is 1. The second kappa shape index (κ2) is 2.45. The highest BCUT2D eigenvalue weighted by molar-refractivity contribution is 5.99. The van der Waals surface area contributed by atoms with Crippen molar-refractivity contribution in [2.75, 3.05) is 0 Å². The van der Waals surface area contributed by atoms with Gasteiger partial charge < -0.3 is 5.11 Å². The number of aliphatic hydroxyl groups is 1. The Balaban J connectivity index is 2.25. The van der Waals surface area contributed by atoms with Gasteiger partial charge in [0.1, 0.15) is 5.78 Å². The Kier molecular flexibility index (Phi) is 1.43. The molecule has 1 N–H and O–H groups in total. The molecule has 0 aromatic heterocycles. The lowest BCUT2D eigenvalue weighted by Gasteiger charge is -2.11. The van der Waals surface area contributed by atoms with Crippen LogP contribution in [0.3, 0.4) is 0 Å². The van der Waals surface area contributed by atoms with Crippen molar-refractivity contribution in [2.24, 2.45) is 0 Å². The summed E-state index contributed by atoms with van der Waals surface area (Å²) in [5.74, 6) is 0.355. The van der Waals surface area contributed by atoms with E-state index in [9.17, 15) is 9.90 Å². The first-order valence-corrected chi connectivity index (χ1v) is 5.03. The van der Waals surface area contributed by atoms with Crippen LogP contribution in [0.4, 0.5) is 0 Å². The Morgan fingerprint density at radius 3 is 2.79 bits per heavy atom. The van der Waals surface area contributed by atoms with E-state index >= 15 is 0 Å². The smallest absolute Gasteiger partial charge is 0.147 e. The number of fused-ring (bicyclic) bond motifs is 2. The van der Waals surface area contributed by atoms with Crippen molar-refractivity contribution < 1.29 is 9.90 Å². The third-order valence-electron chi connectivity index (χ3n) is 3.52. The quantitative estimate of drug-likeness (QED) is 0.722. The van der Waals surface area contributed by atoms with Gasteiger partial charge in [-0.15, -0.1) is 0 Å². The molecule has 0 bridgehead atoms. The molecule has 3 rings (SSSR count). The molecule has 2 nitrogen and oxygen atoms in total. The van der Waals surface area contributed by atoms with Crippen LogP contribution in [0.1, 0.15) is 29.5 Å². The molecular weight excluding hydrogens is 176 g/mol. The zero-order valence-corrected chi connectivity index (χ0v) is 7.92. The Labute approximate surface area is 82.6 Å². The number of ketones is 1. The minimum Gasteiger partial charge on any atom is -0.392 e. The summed E-state index contributed by atoms with van der Waals surface area (Å²) in [4.78, 5) is 11.8. The molecule has 0 saturated heterocycles. The van der Waals surface area contributed by atoms with Gasteiger partial charge in [-0.1, -0.05) is 18.2 Å². The van der Waals surface area contributed by atoms with Crippen LogP contribution in [0.15, 0.2) is 18.2 Å². The van der Waals surface area contributed by atoms with E-state index in [4.69, 9.17) is 0 Å². The van der Waals surface area contributed by atoms with E-state index in [0.717, 1.165) is 29.5 Å². The number of rotatable bonds is 1. The molecular formula is C12H12O2. The second-order valence-electron chi connectivity index (χ2n) is 4.29. The molecule has 0 aliphatic heterocycles. The number of hydrogen-bond acceptors (Lipinski definition) is 2. The topological polar surface area (TPSA) is 37.3 Å². The molecule has 2 aliphatic carbocycles. The van der Waals surface area contributed by atoms with E-state index in [1.54, 1.807) is 0 Å². The highest BCUT2D eigenvalue weighted by Crippen LogP contribution is 2.55. The van der Waals surface area contributed by atoms with E-state index in [0.29, 0.717) is 12.2 Å². The minimum absolute atomic E-state index is 0.0538. The van der Waals surface area contributed by atoms with Gasteiger partial charge >= 0.3 is 0 Å². The third-order valence-corrected chi connectivity index (χ3v) is 3.52. The molecule has 1 aromatic carbocycles. The molecule has 0 heterocycles. The van der Waals surface area contributed by atoms with Crippen LogP contribution in [-0.2, 0) is 23.2 Å². The van der Waals surface area contributed by atoms with Crippen molar-refractivity contribution in [3.63, 3.8) is 0 Å². The lowest BCUT2D eigenvalue weighted by atomic mass is 9.93. The van der Waals surface area contributed by atoms with Crippen molar-refractivity contribution in [1.29, 1.82) is 0 Å². The molecule has 1 spiro atoms. The highest BCUT2D eigenvalue weighted by Gasteiger charge is 2.56. The highest BCUT2D eigenvalue weighted by atomic mass is 16.3. The molecule has 0 amide bonds. The SMILES string of the molecule is O=C1Cc2cccc(CO)c2C12CC2. The first-order valence-electron chi connectivity index (χ1n) is 5.03. The number of Topliss-reactive ketones (excluding diaryl/α,β-unsaturated/α-hetero) is 1. The van der Waals surface area contributed by atoms with Gasteiger partial charge in [-0.2, -0.15) is 0 Å². The Bertz CT molecular complexity index is 416. The van der Waals surface area contributed by atoms with Crippen LogP contribution < -0.4 is 0 Å². The molecule has 0 unspecified atom stereocenters. The zero-order chi connectivity index (χ0) is 9.76. The summed E-state index contributed by atoms with van der Waals surface area (Å²) in [5, 5.41) is 9.24. The van der Waals surface area contributed by atoms with Crippen LogP contribution in [0.5, 0.6) is 0 Å². The predicted octanol–water partition coefficient (Wildman–Crippen LogP) is 1.34. The van der Waals surface area contributed by atoms with Gasteiger partial charge in [0.15, 0.2) is 0 Å². The van der Waals surface area contributed by atoms with Gasteiger partial charge in [0, 0.05) is 6.42 Å². The van der Waals surface area contributed by atoms with Crippen molar-refractivity contribution in [3.05, 3.63) is 34.9 Å². The fourth-order valence-corrected chi connectivity index (χ4v) is 2.68. The number of carbonyl (C=O) groups excluding carboxylic acids is 1. The summed E-state index contributed by atoms with van der Waals surface area (Å²) in [6, 6.07) is 5.87. The minimum atomic E-state index is -0.172. The van der Waals surface area contributed by atoms with Gasteiger partial charge in [-0.05, 0) is 29.5 Å². The standard InChI is InChI=1S/C12H12O2/c13-7-9-3-1-2-8-6-10(14)12(4-5-12)11(8)9/h1-3,13H,4-7H2. The maximum Gasteiger partial charge on any atom is 0.147 e. The maximum atomic E-state index is 11.8. The molecule has 1 aromatic rings. The van der Waals surface area contributed by atoms with Crippen LogP contribution in [-0.4, -0.2) is 10.9 Å². The van der Waals surface area contributed by atoms with Crippen LogP contribution in [0, 0.1) is 0 Å². The predicted molar refractivity (Wildman–Crippen MR) is 52.0 cm³/mol. The lowest BCUT2D eigenvalue weighted by molar-refractivity contribution is -0.119. The first kappa shape index (κ1) is 8.18. The van der Waals surface area contributed by atoms with Crippen LogP contribution >= 0.6 is 0 Å². The Hall–Kier alpha value is -1.15. The maximum absolute atomic E-state index is 11.8. The Morgan fingerprint density at radius 1 is 1.36 bits per heavy atom. The van der Waals surface area contributed by atoms with Crippen LogP contribution in [0.2, 0.25) is 0 Å². The number of carbonyl (C=O) groups is 1. The molecule has 14 heavy (non-hydrogen) atoms. The molecule has 72 valence electrons. The van der Waals surface area contributed by atoms with E-state index < -0.39 is 0 Å². The average Bonchev–Trinajstić information content (AvgIpc) is 2.92. The first-order chi connectivity index (χ1) is 6.78. The molecule has 2 aliphatic rings. The largest absolute Gasteiger partial charge is 0.392 e. The summed E-state index contributed by atoms with van der Waals surface area (Å²) in [6.07, 6.45) is 2.54. The average molecular weight is 188 g/mol. The molecule has 1 saturated carbocycles. The van der Waals surface area contributed by atoms with Crippen molar-refractivity contribution in [3.8, 4) is 0 Å². The monoisotopic (exact) mass is 188 g/mol. The van der Waals surface area contributed by atoms with Gasteiger partial charge in [-0.3, -0.25) is 4.79 Å². The fraction of sp³-hybridized carbons (Fsp3) is 0.417. The van der Waals surface area contributed by atoms with Gasteiger partial charge in [0.2, 0.25) is 0 Å². The van der Waals surface area contributed by atoms with Gasteiger partial charge in [-0.25, -0.2) is 0 Å². The van der Waals surface area contributed by atoms with Crippen LogP contribution in [0.25, 0.3) is 0 Å². The van der Waals surface area contributed by atoms with Gasteiger partial charge in [0.05, 0.1) is 12.0 Å².